The van der Waals surface area contributed by atoms with Gasteiger partial charge in [-0.3, -0.25) is 9.36 Å². The van der Waals surface area contributed by atoms with Gasteiger partial charge in [-0.15, -0.1) is 5.10 Å². The van der Waals surface area contributed by atoms with Crippen molar-refractivity contribution in [3.63, 3.8) is 0 Å². The molecular formula is C46H58Cl3F3N8O17P+. The molecule has 3 atom stereocenters. The highest BCUT2D eigenvalue weighted by Crippen LogP contribution is 2.36. The molecule has 0 saturated carbocycles. The van der Waals surface area contributed by atoms with Crippen molar-refractivity contribution in [1.82, 2.24) is 25.0 Å². The monoisotopic (exact) mass is 1190 g/mol. The first-order chi connectivity index (χ1) is 37.6. The highest BCUT2D eigenvalue weighted by Gasteiger charge is 2.47. The highest BCUT2D eigenvalue weighted by molar-refractivity contribution is 7.51. The van der Waals surface area contributed by atoms with Crippen LogP contribution in [0.2, 0.25) is 15.3 Å². The second-order valence-electron chi connectivity index (χ2n) is 16.6. The molecule has 4 N–H and O–H groups in total. The summed E-state index contributed by atoms with van der Waals surface area (Å²) in [4.78, 5) is 40.6. The molecule has 78 heavy (non-hydrogen) atoms. The minimum Gasteiger partial charge on any atom is -0.453 e. The molecule has 32 heteroatoms. The topological polar surface area (TPSA) is 292 Å². The van der Waals surface area contributed by atoms with Gasteiger partial charge >= 0.3 is 30.6 Å². The molecule has 2 aliphatic rings. The summed E-state index contributed by atoms with van der Waals surface area (Å²) in [5.41, 5.74) is 1.62. The Bertz CT molecular complexity index is 2620. The zero-order valence-corrected chi connectivity index (χ0v) is 44.9. The summed E-state index contributed by atoms with van der Waals surface area (Å²) in [6, 6.07) is 5.94. The third kappa shape index (κ3) is 20.5. The van der Waals surface area contributed by atoms with Crippen LogP contribution < -0.4 is 9.64 Å². The average molecular weight is 1190 g/mol. The molecule has 0 amide bonds. The van der Waals surface area contributed by atoms with Crippen LogP contribution in [0.1, 0.15) is 23.2 Å². The van der Waals surface area contributed by atoms with E-state index in [2.05, 4.69) is 30.1 Å². The number of hydrogen-bond acceptors (Lipinski definition) is 21. The number of carbonyl (C=O) groups excluding carboxylic acids is 1. The van der Waals surface area contributed by atoms with Crippen molar-refractivity contribution in [2.75, 3.05) is 124 Å². The van der Waals surface area contributed by atoms with Crippen LogP contribution in [0, 0.1) is 17.5 Å². The number of hydrazone groups is 1. The lowest BCUT2D eigenvalue weighted by Crippen LogP contribution is -2.34. The molecule has 1 fully saturated rings. The zero-order valence-electron chi connectivity index (χ0n) is 41.7. The minimum atomic E-state index is -4.49. The Labute approximate surface area is 459 Å². The minimum absolute atomic E-state index is 0.0659. The number of aromatic nitrogens is 5. The van der Waals surface area contributed by atoms with E-state index in [0.717, 1.165) is 4.68 Å². The standard InChI is InChI=1S/C46H57Cl3F3N8O17P/c47-34-2-1-3-35(48)33(34)26-58(43-32-24-53-60(44(32)55-46(49)54-43)45-41(63)40(62)38(76-45)28-75-29-78(64,65)66)5-8-68-11-14-71-18-19-73-20-21-74-27-31-25-59(57-56-31)6-9-69-12-15-72-17-16-70-13-10-67-7-4-39(61)77-42-36(51)22-30(50)23-37(42)52/h1-3,22-25,38,40-41,62-63H,4-21,26-29H2,(H-,64,65,66)/p+1/b60-45-/t38?,40-,41-/m1/s1. The van der Waals surface area contributed by atoms with E-state index in [0.29, 0.717) is 111 Å². The number of carbonyl (C=O) groups is 1. The SMILES string of the molecule is O=C(CCOCCOCCOCCOCCn1cc(COCCOCCOCCOCCN(Cc2c(Cl)cccc2Cl)c2nc(Cl)nc3c2C=N/[N+]3=C2\OC(COCP(=O)(O)O)[C@@H](O)[C@H]2O)nn1)Oc1c(F)cc(F)cc1F. The van der Waals surface area contributed by atoms with Crippen LogP contribution >= 0.6 is 42.4 Å². The summed E-state index contributed by atoms with van der Waals surface area (Å²) in [7, 11) is -4.49. The second kappa shape index (κ2) is 32.6. The summed E-state index contributed by atoms with van der Waals surface area (Å²) in [5, 5.41) is 34.7. The van der Waals surface area contributed by atoms with Crippen molar-refractivity contribution in [2.45, 2.75) is 44.4 Å². The number of benzene rings is 2. The third-order valence-electron chi connectivity index (χ3n) is 10.7. The number of ether oxygens (including phenoxy) is 11. The smallest absolute Gasteiger partial charge is 0.367 e. The Morgan fingerprint density at radius 1 is 0.782 bits per heavy atom. The second-order valence-corrected chi connectivity index (χ2v) is 19.3. The number of fused-ring (bicyclic) bond motifs is 1. The predicted octanol–water partition coefficient (Wildman–Crippen LogP) is 3.44. The summed E-state index contributed by atoms with van der Waals surface area (Å²) < 4.78 is 114. The Kier molecular flexibility index (Phi) is 26.2. The van der Waals surface area contributed by atoms with E-state index in [-0.39, 0.29) is 82.8 Å². The number of aliphatic hydroxyl groups is 2. The first-order valence-corrected chi connectivity index (χ1v) is 27.0. The van der Waals surface area contributed by atoms with Gasteiger partial charge in [-0.2, -0.15) is 4.98 Å². The Morgan fingerprint density at radius 3 is 1.97 bits per heavy atom. The molecule has 4 aromatic rings. The molecule has 1 unspecified atom stereocenters. The first kappa shape index (κ1) is 62.6. The van der Waals surface area contributed by atoms with E-state index in [9.17, 15) is 32.7 Å². The van der Waals surface area contributed by atoms with E-state index in [1.807, 2.05) is 4.90 Å². The fourth-order valence-corrected chi connectivity index (χ4v) is 8.06. The van der Waals surface area contributed by atoms with E-state index >= 15 is 0 Å². The van der Waals surface area contributed by atoms with Crippen molar-refractivity contribution in [1.29, 1.82) is 0 Å². The molecule has 0 aliphatic carbocycles. The molecule has 0 bridgehead atoms. The Balaban J connectivity index is 0.781. The largest absolute Gasteiger partial charge is 0.453 e. The van der Waals surface area contributed by atoms with Gasteiger partial charge in [0, 0.05) is 40.8 Å². The van der Waals surface area contributed by atoms with Gasteiger partial charge in [-0.25, -0.2) is 17.9 Å². The van der Waals surface area contributed by atoms with Crippen LogP contribution in [-0.2, 0) is 76.4 Å². The predicted molar refractivity (Wildman–Crippen MR) is 269 cm³/mol. The van der Waals surface area contributed by atoms with Gasteiger partial charge in [-0.1, -0.05) is 44.3 Å². The van der Waals surface area contributed by atoms with Crippen LogP contribution in [-0.4, -0.2) is 205 Å². The van der Waals surface area contributed by atoms with E-state index < -0.39 is 68.0 Å². The van der Waals surface area contributed by atoms with Gasteiger partial charge in [0.1, 0.15) is 29.5 Å². The molecule has 25 nitrogen and oxygen atoms in total. The average Bonchev–Trinajstić information content (AvgIpc) is 4.13. The third-order valence-corrected chi connectivity index (χ3v) is 12.1. The number of hydrogen-bond donors (Lipinski definition) is 4. The van der Waals surface area contributed by atoms with Gasteiger partial charge in [0.05, 0.1) is 138 Å². The van der Waals surface area contributed by atoms with Gasteiger partial charge in [0.2, 0.25) is 5.75 Å². The lowest BCUT2D eigenvalue weighted by molar-refractivity contribution is -0.457. The van der Waals surface area contributed by atoms with Crippen LogP contribution in [0.25, 0.3) is 0 Å². The van der Waals surface area contributed by atoms with Crippen molar-refractivity contribution in [3.05, 3.63) is 86.1 Å². The van der Waals surface area contributed by atoms with Gasteiger partial charge in [0.15, 0.2) is 29.7 Å². The maximum Gasteiger partial charge on any atom is 0.367 e. The summed E-state index contributed by atoms with van der Waals surface area (Å²) in [6.45, 7) is 4.76. The first-order valence-electron chi connectivity index (χ1n) is 24.1. The number of rotatable bonds is 37. The number of aliphatic hydroxyl groups excluding tert-OH is 2. The molecule has 6 rings (SSSR count). The molecule has 4 heterocycles. The maximum atomic E-state index is 13.6. The fourth-order valence-electron chi connectivity index (χ4n) is 7.04. The molecule has 2 aromatic carbocycles. The molecule has 2 aromatic heterocycles. The number of esters is 1. The van der Waals surface area contributed by atoms with Crippen molar-refractivity contribution >= 4 is 72.1 Å². The van der Waals surface area contributed by atoms with Crippen LogP contribution in [0.15, 0.2) is 41.6 Å². The Morgan fingerprint density at radius 2 is 1.36 bits per heavy atom. The molecule has 430 valence electrons. The number of nitrogens with zero attached hydrogens (tertiary/aromatic N) is 8. The lowest BCUT2D eigenvalue weighted by atomic mass is 10.1. The molecular weight excluding hydrogens is 1130 g/mol. The molecule has 2 aliphatic heterocycles. The van der Waals surface area contributed by atoms with E-state index in [4.69, 9.17) is 92.0 Å². The summed E-state index contributed by atoms with van der Waals surface area (Å²) in [6.07, 6.45) is -2.30. The van der Waals surface area contributed by atoms with Gasteiger partial charge in [-0.05, 0) is 28.7 Å². The van der Waals surface area contributed by atoms with Gasteiger partial charge in [0.25, 0.3) is 0 Å². The van der Waals surface area contributed by atoms with Crippen LogP contribution in [0.5, 0.6) is 5.75 Å². The highest BCUT2D eigenvalue weighted by atomic mass is 35.5. The molecule has 0 spiro atoms. The summed E-state index contributed by atoms with van der Waals surface area (Å²) >= 11 is 19.6. The van der Waals surface area contributed by atoms with Crippen molar-refractivity contribution in [2.24, 2.45) is 5.10 Å². The maximum absolute atomic E-state index is 13.6. The zero-order chi connectivity index (χ0) is 55.9. The summed E-state index contributed by atoms with van der Waals surface area (Å²) in [5.74, 6) is -5.45. The number of anilines is 1. The van der Waals surface area contributed by atoms with E-state index in [1.165, 1.54) is 6.21 Å². The fraction of sp³-hybridized carbons (Fsp3) is 0.543. The van der Waals surface area contributed by atoms with Crippen molar-refractivity contribution in [3.8, 4) is 5.75 Å². The van der Waals surface area contributed by atoms with Gasteiger partial charge < -0.3 is 77.0 Å². The lowest BCUT2D eigenvalue weighted by Gasteiger charge is -2.25. The van der Waals surface area contributed by atoms with Crippen LogP contribution in [0.3, 0.4) is 0 Å². The molecule has 1 saturated heterocycles. The Hall–Kier alpha value is -4.56. The van der Waals surface area contributed by atoms with Crippen molar-refractivity contribution < 1.29 is 99.3 Å². The molecule has 0 radical (unpaired) electrons. The quantitative estimate of drug-likeness (QED) is 0.0126. The number of halogens is 6. The van der Waals surface area contributed by atoms with Crippen LogP contribution in [0.4, 0.5) is 24.8 Å². The van der Waals surface area contributed by atoms with E-state index in [1.54, 1.807) is 29.1 Å². The normalized spacial score (nSPS) is 17.0.